The van der Waals surface area contributed by atoms with Crippen molar-refractivity contribution in [3.63, 3.8) is 0 Å². The molecule has 1 aromatic rings. The number of ether oxygens (including phenoxy) is 1. The predicted molar refractivity (Wildman–Crippen MR) is 45.2 cm³/mol. The third-order valence-corrected chi connectivity index (χ3v) is 1.50. The average molecular weight is 208 g/mol. The van der Waals surface area contributed by atoms with E-state index < -0.39 is 12.8 Å². The highest BCUT2D eigenvalue weighted by Gasteiger charge is 2.28. The van der Waals surface area contributed by atoms with Crippen molar-refractivity contribution in [3.8, 4) is 5.75 Å². The Labute approximate surface area is 78.9 Å². The smallest absolute Gasteiger partial charge is 0.422 e. The van der Waals surface area contributed by atoms with Crippen LogP contribution in [0.15, 0.2) is 29.2 Å². The summed E-state index contributed by atoms with van der Waals surface area (Å²) in [6.07, 6.45) is -4.30. The maximum absolute atomic E-state index is 11.7. The lowest BCUT2D eigenvalue weighted by atomic mass is 10.3. The Morgan fingerprint density at radius 3 is 2.54 bits per heavy atom. The molecule has 0 bridgehead atoms. The molecule has 13 heavy (non-hydrogen) atoms. The van der Waals surface area contributed by atoms with Crippen LogP contribution in [0.4, 0.5) is 13.2 Å². The minimum atomic E-state index is -4.30. The summed E-state index contributed by atoms with van der Waals surface area (Å²) in [5, 5.41) is 0. The first kappa shape index (κ1) is 10.2. The van der Waals surface area contributed by atoms with Crippen molar-refractivity contribution >= 4 is 12.6 Å². The first-order chi connectivity index (χ1) is 5.97. The number of benzene rings is 1. The highest BCUT2D eigenvalue weighted by atomic mass is 32.1. The Bertz CT molecular complexity index is 285. The molecule has 1 nitrogen and oxygen atoms in total. The Kier molecular flexibility index (Phi) is 3.08. The van der Waals surface area contributed by atoms with Gasteiger partial charge in [0.25, 0.3) is 0 Å². The van der Waals surface area contributed by atoms with Gasteiger partial charge in [0.2, 0.25) is 0 Å². The van der Waals surface area contributed by atoms with Gasteiger partial charge in [-0.1, -0.05) is 6.07 Å². The molecule has 72 valence electrons. The van der Waals surface area contributed by atoms with Gasteiger partial charge in [0.15, 0.2) is 6.61 Å². The summed E-state index contributed by atoms with van der Waals surface area (Å²) in [5.41, 5.74) is 0. The molecule has 0 amide bonds. The third kappa shape index (κ3) is 4.07. The average Bonchev–Trinajstić information content (AvgIpc) is 2.00. The van der Waals surface area contributed by atoms with E-state index in [0.717, 1.165) is 0 Å². The van der Waals surface area contributed by atoms with Gasteiger partial charge in [0, 0.05) is 4.90 Å². The van der Waals surface area contributed by atoms with Gasteiger partial charge in [-0.15, -0.1) is 12.6 Å². The molecular formula is C8H7F3OS. The molecule has 1 aromatic carbocycles. The Hall–Kier alpha value is -0.840. The van der Waals surface area contributed by atoms with Gasteiger partial charge in [-0.2, -0.15) is 13.2 Å². The lowest BCUT2D eigenvalue weighted by molar-refractivity contribution is -0.153. The summed E-state index contributed by atoms with van der Waals surface area (Å²) in [6.45, 7) is -1.27. The molecule has 0 aliphatic carbocycles. The van der Waals surface area contributed by atoms with Crippen LogP contribution in [0, 0.1) is 0 Å². The van der Waals surface area contributed by atoms with Crippen LogP contribution in [-0.4, -0.2) is 12.8 Å². The zero-order chi connectivity index (χ0) is 9.90. The number of thiol groups is 1. The summed E-state index contributed by atoms with van der Waals surface area (Å²) in [4.78, 5) is 0.569. The van der Waals surface area contributed by atoms with E-state index in [4.69, 9.17) is 0 Å². The minimum absolute atomic E-state index is 0.171. The van der Waals surface area contributed by atoms with E-state index in [9.17, 15) is 13.2 Å². The molecule has 0 heterocycles. The van der Waals surface area contributed by atoms with Crippen LogP contribution in [0.25, 0.3) is 0 Å². The third-order valence-electron chi connectivity index (χ3n) is 1.22. The lowest BCUT2D eigenvalue weighted by Crippen LogP contribution is -2.19. The standard InChI is InChI=1S/C8H7F3OS/c9-8(10,11)5-12-6-2-1-3-7(13)4-6/h1-4,13H,5H2. The van der Waals surface area contributed by atoms with E-state index in [1.165, 1.54) is 12.1 Å². The van der Waals surface area contributed by atoms with Crippen LogP contribution in [-0.2, 0) is 0 Å². The van der Waals surface area contributed by atoms with Crippen molar-refractivity contribution in [1.29, 1.82) is 0 Å². The van der Waals surface area contributed by atoms with Crippen molar-refractivity contribution in [2.75, 3.05) is 6.61 Å². The maximum atomic E-state index is 11.7. The molecule has 0 saturated heterocycles. The monoisotopic (exact) mass is 208 g/mol. The van der Waals surface area contributed by atoms with Gasteiger partial charge in [-0.3, -0.25) is 0 Å². The molecule has 0 N–H and O–H groups in total. The van der Waals surface area contributed by atoms with Crippen LogP contribution >= 0.6 is 12.6 Å². The minimum Gasteiger partial charge on any atom is -0.484 e. The fourth-order valence-electron chi connectivity index (χ4n) is 0.738. The summed E-state index contributed by atoms with van der Waals surface area (Å²) in [7, 11) is 0. The molecule has 0 spiro atoms. The highest BCUT2D eigenvalue weighted by molar-refractivity contribution is 7.80. The molecule has 0 fully saturated rings. The molecule has 1 rings (SSSR count). The first-order valence-electron chi connectivity index (χ1n) is 3.46. The molecule has 0 aliphatic rings. The second-order valence-electron chi connectivity index (χ2n) is 2.40. The second kappa shape index (κ2) is 3.91. The van der Waals surface area contributed by atoms with Gasteiger partial charge in [-0.05, 0) is 18.2 Å². The van der Waals surface area contributed by atoms with Crippen molar-refractivity contribution < 1.29 is 17.9 Å². The van der Waals surface area contributed by atoms with Crippen molar-refractivity contribution in [2.45, 2.75) is 11.1 Å². The SMILES string of the molecule is FC(F)(F)COc1cccc(S)c1. The topological polar surface area (TPSA) is 9.23 Å². The molecule has 0 radical (unpaired) electrons. The number of hydrogen-bond acceptors (Lipinski definition) is 2. The van der Waals surface area contributed by atoms with Crippen LogP contribution in [0.5, 0.6) is 5.75 Å². The second-order valence-corrected chi connectivity index (χ2v) is 2.92. The van der Waals surface area contributed by atoms with Gasteiger partial charge in [-0.25, -0.2) is 0 Å². The lowest BCUT2D eigenvalue weighted by Gasteiger charge is -2.08. The van der Waals surface area contributed by atoms with E-state index in [1.807, 2.05) is 0 Å². The largest absolute Gasteiger partial charge is 0.484 e. The van der Waals surface area contributed by atoms with Crippen molar-refractivity contribution in [3.05, 3.63) is 24.3 Å². The van der Waals surface area contributed by atoms with Crippen LogP contribution in [0.3, 0.4) is 0 Å². The van der Waals surface area contributed by atoms with Gasteiger partial charge in [0.05, 0.1) is 0 Å². The molecule has 5 heteroatoms. The fourth-order valence-corrected chi connectivity index (χ4v) is 0.952. The fraction of sp³-hybridized carbons (Fsp3) is 0.250. The molecule has 0 saturated carbocycles. The van der Waals surface area contributed by atoms with Crippen molar-refractivity contribution in [1.82, 2.24) is 0 Å². The Morgan fingerprint density at radius 2 is 2.00 bits per heavy atom. The first-order valence-corrected chi connectivity index (χ1v) is 3.91. The van der Waals surface area contributed by atoms with E-state index in [-0.39, 0.29) is 5.75 Å². The zero-order valence-electron chi connectivity index (χ0n) is 6.51. The highest BCUT2D eigenvalue weighted by Crippen LogP contribution is 2.20. The normalized spacial score (nSPS) is 11.4. The van der Waals surface area contributed by atoms with Gasteiger partial charge < -0.3 is 4.74 Å². The number of alkyl halides is 3. The van der Waals surface area contributed by atoms with Crippen molar-refractivity contribution in [2.24, 2.45) is 0 Å². The molecule has 0 atom stereocenters. The molecule has 0 unspecified atom stereocenters. The van der Waals surface area contributed by atoms with Crippen LogP contribution in [0.1, 0.15) is 0 Å². The molecular weight excluding hydrogens is 201 g/mol. The van der Waals surface area contributed by atoms with Gasteiger partial charge in [0.1, 0.15) is 5.75 Å². The Balaban J connectivity index is 2.55. The summed E-state index contributed by atoms with van der Waals surface area (Å²) in [6, 6.07) is 6.11. The van der Waals surface area contributed by atoms with E-state index in [1.54, 1.807) is 12.1 Å². The van der Waals surface area contributed by atoms with Crippen LogP contribution in [0.2, 0.25) is 0 Å². The summed E-state index contributed by atoms with van der Waals surface area (Å²) >= 11 is 3.96. The van der Waals surface area contributed by atoms with E-state index in [0.29, 0.717) is 4.90 Å². The Morgan fingerprint density at radius 1 is 1.31 bits per heavy atom. The predicted octanol–water partition coefficient (Wildman–Crippen LogP) is 2.92. The number of rotatable bonds is 2. The maximum Gasteiger partial charge on any atom is 0.422 e. The van der Waals surface area contributed by atoms with E-state index >= 15 is 0 Å². The molecule has 0 aliphatic heterocycles. The summed E-state index contributed by atoms with van der Waals surface area (Å²) < 4.78 is 39.6. The number of halogens is 3. The van der Waals surface area contributed by atoms with E-state index in [2.05, 4.69) is 17.4 Å². The quantitative estimate of drug-likeness (QED) is 0.735. The summed E-state index contributed by atoms with van der Waals surface area (Å²) in [5.74, 6) is 0.171. The van der Waals surface area contributed by atoms with Gasteiger partial charge >= 0.3 is 6.18 Å². The van der Waals surface area contributed by atoms with Crippen LogP contribution < -0.4 is 4.74 Å². The number of hydrogen-bond donors (Lipinski definition) is 1. The zero-order valence-corrected chi connectivity index (χ0v) is 7.40. The molecule has 0 aromatic heterocycles.